The number of hydrogen-bond donors (Lipinski definition) is 0. The molecule has 0 amide bonds. The van der Waals surface area contributed by atoms with Crippen LogP contribution in [-0.4, -0.2) is 19.7 Å². The predicted octanol–water partition coefficient (Wildman–Crippen LogP) is 4.05. The molecule has 0 saturated heterocycles. The van der Waals surface area contributed by atoms with Crippen LogP contribution >= 0.6 is 22.6 Å². The highest BCUT2D eigenvalue weighted by molar-refractivity contribution is 14.1. The maximum Gasteiger partial charge on any atom is 0.333 e. The van der Waals surface area contributed by atoms with E-state index in [0.717, 1.165) is 34.3 Å². The normalized spacial score (nSPS) is 11.3. The molecule has 0 aromatic heterocycles. The van der Waals surface area contributed by atoms with E-state index in [1.807, 2.05) is 18.2 Å². The number of carbonyl (C=O) groups excluding carboxylic acids is 1. The van der Waals surface area contributed by atoms with Crippen molar-refractivity contribution < 1.29 is 14.3 Å². The Kier molecular flexibility index (Phi) is 6.91. The first-order valence-corrected chi connectivity index (χ1v) is 7.35. The molecule has 0 radical (unpaired) electrons. The molecule has 0 aliphatic heterocycles. The van der Waals surface area contributed by atoms with Gasteiger partial charge in [0.2, 0.25) is 0 Å². The van der Waals surface area contributed by atoms with Crippen molar-refractivity contribution in [2.45, 2.75) is 26.7 Å². The third kappa shape index (κ3) is 5.22. The van der Waals surface area contributed by atoms with E-state index in [9.17, 15) is 4.79 Å². The molecule has 1 aromatic carbocycles. The molecule has 0 bridgehead atoms. The molecule has 0 heterocycles. The monoisotopic (exact) mass is 374 g/mol. The van der Waals surface area contributed by atoms with Crippen molar-refractivity contribution in [3.63, 3.8) is 0 Å². The smallest absolute Gasteiger partial charge is 0.333 e. The highest BCUT2D eigenvalue weighted by Crippen LogP contribution is 2.24. The first kappa shape index (κ1) is 16.0. The number of halogens is 1. The van der Waals surface area contributed by atoms with Crippen LogP contribution < -0.4 is 4.74 Å². The third-order valence-electron chi connectivity index (χ3n) is 2.60. The summed E-state index contributed by atoms with van der Waals surface area (Å²) in [7, 11) is 1.38. The number of unbranched alkanes of at least 4 members (excludes halogenated alkanes) is 1. The van der Waals surface area contributed by atoms with Gasteiger partial charge in [-0.05, 0) is 59.7 Å². The molecule has 3 nitrogen and oxygen atoms in total. The van der Waals surface area contributed by atoms with Gasteiger partial charge in [-0.15, -0.1) is 0 Å². The number of hydrogen-bond acceptors (Lipinski definition) is 3. The van der Waals surface area contributed by atoms with Gasteiger partial charge in [0, 0.05) is 5.57 Å². The largest absolute Gasteiger partial charge is 0.492 e. The summed E-state index contributed by atoms with van der Waals surface area (Å²) < 4.78 is 11.5. The van der Waals surface area contributed by atoms with Crippen LogP contribution in [0, 0.1) is 3.57 Å². The summed E-state index contributed by atoms with van der Waals surface area (Å²) in [5.41, 5.74) is 1.51. The number of rotatable bonds is 6. The summed E-state index contributed by atoms with van der Waals surface area (Å²) in [4.78, 5) is 11.4. The zero-order valence-corrected chi connectivity index (χ0v) is 13.7. The molecule has 0 fully saturated rings. The fourth-order valence-corrected chi connectivity index (χ4v) is 2.01. The zero-order valence-electron chi connectivity index (χ0n) is 11.5. The summed E-state index contributed by atoms with van der Waals surface area (Å²) in [6.07, 6.45) is 3.95. The highest BCUT2D eigenvalue weighted by atomic mass is 127. The molecule has 0 atom stereocenters. The Morgan fingerprint density at radius 1 is 1.42 bits per heavy atom. The fourth-order valence-electron chi connectivity index (χ4n) is 1.52. The molecule has 1 aromatic rings. The molecule has 19 heavy (non-hydrogen) atoms. The summed E-state index contributed by atoms with van der Waals surface area (Å²) in [5, 5.41) is 0. The molecular formula is C15H19IO3. The summed E-state index contributed by atoms with van der Waals surface area (Å²) in [6.45, 7) is 4.59. The lowest BCUT2D eigenvalue weighted by molar-refractivity contribution is -0.135. The second-order valence-electron chi connectivity index (χ2n) is 4.21. The highest BCUT2D eigenvalue weighted by Gasteiger charge is 2.05. The van der Waals surface area contributed by atoms with Crippen molar-refractivity contribution in [2.24, 2.45) is 0 Å². The summed E-state index contributed by atoms with van der Waals surface area (Å²) >= 11 is 2.25. The van der Waals surface area contributed by atoms with Gasteiger partial charge in [-0.25, -0.2) is 4.79 Å². The summed E-state index contributed by atoms with van der Waals surface area (Å²) in [6, 6.07) is 5.89. The maximum atomic E-state index is 11.4. The lowest BCUT2D eigenvalue weighted by Crippen LogP contribution is -2.01. The van der Waals surface area contributed by atoms with Crippen molar-refractivity contribution in [2.75, 3.05) is 13.7 Å². The second-order valence-corrected chi connectivity index (χ2v) is 5.37. The molecule has 0 unspecified atom stereocenters. The number of benzene rings is 1. The van der Waals surface area contributed by atoms with Crippen molar-refractivity contribution >= 4 is 34.6 Å². The van der Waals surface area contributed by atoms with Gasteiger partial charge in [-0.3, -0.25) is 0 Å². The topological polar surface area (TPSA) is 35.5 Å². The van der Waals surface area contributed by atoms with E-state index in [4.69, 9.17) is 4.74 Å². The van der Waals surface area contributed by atoms with Crippen LogP contribution in [0.2, 0.25) is 0 Å². The van der Waals surface area contributed by atoms with Crippen LogP contribution in [-0.2, 0) is 9.53 Å². The van der Waals surface area contributed by atoms with Gasteiger partial charge in [0.15, 0.2) is 0 Å². The molecule has 0 saturated carbocycles. The van der Waals surface area contributed by atoms with E-state index in [-0.39, 0.29) is 5.97 Å². The van der Waals surface area contributed by atoms with Gasteiger partial charge in [0.25, 0.3) is 0 Å². The quantitative estimate of drug-likeness (QED) is 0.326. The van der Waals surface area contributed by atoms with E-state index in [2.05, 4.69) is 34.3 Å². The standard InChI is InChI=1S/C15H19IO3/c1-4-5-8-19-14-10-12(6-7-13(14)16)9-11(2)15(17)18-3/h6-7,9-10H,4-5,8H2,1-3H3. The number of carbonyl (C=O) groups is 1. The van der Waals surface area contributed by atoms with Crippen LogP contribution in [0.15, 0.2) is 23.8 Å². The van der Waals surface area contributed by atoms with Gasteiger partial charge in [0.1, 0.15) is 5.75 Å². The third-order valence-corrected chi connectivity index (χ3v) is 3.49. The Hall–Kier alpha value is -1.04. The van der Waals surface area contributed by atoms with Crippen molar-refractivity contribution in [3.05, 3.63) is 32.9 Å². The average molecular weight is 374 g/mol. The first-order chi connectivity index (χ1) is 9.08. The minimum atomic E-state index is -0.313. The van der Waals surface area contributed by atoms with Gasteiger partial charge in [0.05, 0.1) is 17.3 Å². The molecule has 0 aliphatic rings. The first-order valence-electron chi connectivity index (χ1n) is 6.27. The van der Waals surface area contributed by atoms with E-state index < -0.39 is 0 Å². The number of methoxy groups -OCH3 is 1. The molecule has 1 rings (SSSR count). The molecule has 4 heteroatoms. The molecule has 0 aliphatic carbocycles. The van der Waals surface area contributed by atoms with Gasteiger partial charge >= 0.3 is 5.97 Å². The number of ether oxygens (including phenoxy) is 2. The predicted molar refractivity (Wildman–Crippen MR) is 85.2 cm³/mol. The molecular weight excluding hydrogens is 355 g/mol. The van der Waals surface area contributed by atoms with Crippen molar-refractivity contribution in [1.29, 1.82) is 0 Å². The minimum Gasteiger partial charge on any atom is -0.492 e. The van der Waals surface area contributed by atoms with Crippen LogP contribution in [0.25, 0.3) is 6.08 Å². The maximum absolute atomic E-state index is 11.4. The zero-order chi connectivity index (χ0) is 14.3. The SMILES string of the molecule is CCCCOc1cc(C=C(C)C(=O)OC)ccc1I. The fraction of sp³-hybridized carbons (Fsp3) is 0.400. The lowest BCUT2D eigenvalue weighted by Gasteiger charge is -2.09. The van der Waals surface area contributed by atoms with Crippen LogP contribution in [0.5, 0.6) is 5.75 Å². The van der Waals surface area contributed by atoms with E-state index >= 15 is 0 Å². The molecule has 0 N–H and O–H groups in total. The minimum absolute atomic E-state index is 0.313. The Labute approximate surface area is 128 Å². The molecule has 104 valence electrons. The van der Waals surface area contributed by atoms with E-state index in [1.54, 1.807) is 13.0 Å². The van der Waals surface area contributed by atoms with Gasteiger partial charge in [-0.1, -0.05) is 19.4 Å². The van der Waals surface area contributed by atoms with Crippen LogP contribution in [0.3, 0.4) is 0 Å². The van der Waals surface area contributed by atoms with Gasteiger partial charge in [-0.2, -0.15) is 0 Å². The van der Waals surface area contributed by atoms with E-state index in [1.165, 1.54) is 7.11 Å². The Morgan fingerprint density at radius 3 is 2.79 bits per heavy atom. The Balaban J connectivity index is 2.86. The summed E-state index contributed by atoms with van der Waals surface area (Å²) in [5.74, 6) is 0.549. The Bertz CT molecular complexity index is 466. The van der Waals surface area contributed by atoms with Gasteiger partial charge < -0.3 is 9.47 Å². The number of esters is 1. The molecule has 0 spiro atoms. The average Bonchev–Trinajstić information content (AvgIpc) is 2.41. The van der Waals surface area contributed by atoms with Crippen LogP contribution in [0.4, 0.5) is 0 Å². The van der Waals surface area contributed by atoms with Crippen LogP contribution in [0.1, 0.15) is 32.3 Å². The van der Waals surface area contributed by atoms with Crippen molar-refractivity contribution in [1.82, 2.24) is 0 Å². The van der Waals surface area contributed by atoms with E-state index in [0.29, 0.717) is 5.57 Å². The second kappa shape index (κ2) is 8.19. The lowest BCUT2D eigenvalue weighted by atomic mass is 10.1. The van der Waals surface area contributed by atoms with Crippen molar-refractivity contribution in [3.8, 4) is 5.75 Å². The Morgan fingerprint density at radius 2 is 2.16 bits per heavy atom.